The van der Waals surface area contributed by atoms with Gasteiger partial charge in [0.2, 0.25) is 11.6 Å². The van der Waals surface area contributed by atoms with E-state index in [0.717, 1.165) is 44.5 Å². The van der Waals surface area contributed by atoms with Crippen molar-refractivity contribution in [2.75, 3.05) is 14.2 Å². The van der Waals surface area contributed by atoms with Gasteiger partial charge in [0.05, 0.1) is 0 Å². The van der Waals surface area contributed by atoms with Crippen LogP contribution in [0.3, 0.4) is 0 Å². The molecule has 0 aromatic heterocycles. The van der Waals surface area contributed by atoms with Gasteiger partial charge in [0.25, 0.3) is 0 Å². The highest BCUT2D eigenvalue weighted by Crippen LogP contribution is 2.55. The number of rotatable bonds is 2. The Bertz CT molecular complexity index is 1900. The summed E-state index contributed by atoms with van der Waals surface area (Å²) in [6.45, 7) is 26.0. The van der Waals surface area contributed by atoms with E-state index >= 15 is 9.59 Å². The van der Waals surface area contributed by atoms with Crippen LogP contribution in [0.25, 0.3) is 0 Å². The molecule has 4 atom stereocenters. The molecule has 6 heteroatoms. The second-order valence-corrected chi connectivity index (χ2v) is 19.7. The Morgan fingerprint density at radius 2 is 0.904 bits per heavy atom. The van der Waals surface area contributed by atoms with Gasteiger partial charge in [-0.1, -0.05) is 95.2 Å². The molecule has 7 rings (SSSR count). The molecule has 0 radical (unpaired) electrons. The summed E-state index contributed by atoms with van der Waals surface area (Å²) in [7, 11) is 3.30. The zero-order valence-electron chi connectivity index (χ0n) is 33.6. The normalized spacial score (nSPS) is 26.9. The quantitative estimate of drug-likeness (QED) is 0.310. The van der Waals surface area contributed by atoms with Crippen LogP contribution in [0, 0.1) is 10.8 Å². The Hall–Kier alpha value is -3.74. The number of ketones is 2. The summed E-state index contributed by atoms with van der Waals surface area (Å²) in [6.07, 6.45) is 7.23. The van der Waals surface area contributed by atoms with E-state index in [1.165, 1.54) is 0 Å². The summed E-state index contributed by atoms with van der Waals surface area (Å²) >= 11 is 0. The minimum atomic E-state index is -1.31. The van der Waals surface area contributed by atoms with Crippen LogP contribution < -0.4 is 9.47 Å². The van der Waals surface area contributed by atoms with Gasteiger partial charge in [-0.2, -0.15) is 0 Å². The van der Waals surface area contributed by atoms with Crippen LogP contribution in [-0.2, 0) is 42.7 Å². The monoisotopic (exact) mass is 704 g/mol. The predicted molar refractivity (Wildman–Crippen MR) is 205 cm³/mol. The minimum absolute atomic E-state index is 0.133. The molecule has 0 N–H and O–H groups in total. The first-order chi connectivity index (χ1) is 23.9. The average Bonchev–Trinajstić information content (AvgIpc) is 3.58. The second-order valence-electron chi connectivity index (χ2n) is 19.7. The van der Waals surface area contributed by atoms with Crippen molar-refractivity contribution >= 4 is 11.6 Å². The fourth-order valence-electron chi connectivity index (χ4n) is 8.38. The maximum Gasteiger partial charge on any atom is 0.209 e. The van der Waals surface area contributed by atoms with Gasteiger partial charge in [0, 0.05) is 49.3 Å². The number of ether oxygens (including phenoxy) is 4. The van der Waals surface area contributed by atoms with Gasteiger partial charge in [-0.25, -0.2) is 0 Å². The van der Waals surface area contributed by atoms with Gasteiger partial charge in [-0.15, -0.1) is 0 Å². The maximum absolute atomic E-state index is 15.3. The van der Waals surface area contributed by atoms with Gasteiger partial charge < -0.3 is 18.9 Å². The van der Waals surface area contributed by atoms with Crippen LogP contribution in [0.5, 0.6) is 11.5 Å². The van der Waals surface area contributed by atoms with E-state index in [0.29, 0.717) is 35.5 Å². The summed E-state index contributed by atoms with van der Waals surface area (Å²) < 4.78 is 27.0. The summed E-state index contributed by atoms with van der Waals surface area (Å²) in [5, 5.41) is 0. The van der Waals surface area contributed by atoms with Crippen LogP contribution >= 0.6 is 0 Å². The average molecular weight is 705 g/mol. The number of fused-ring (bicyclic) bond motifs is 2. The van der Waals surface area contributed by atoms with Crippen molar-refractivity contribution in [3.8, 4) is 11.5 Å². The van der Waals surface area contributed by atoms with E-state index in [4.69, 9.17) is 18.9 Å². The van der Waals surface area contributed by atoms with Crippen molar-refractivity contribution in [3.05, 3.63) is 104 Å². The number of Topliss-reactive ketones (excluding diaryl/α,β-unsaturated/α-hetero) is 2. The molecule has 0 fully saturated rings. The number of carbonyl (C=O) groups is 2. The molecular formula is C46H56O6. The van der Waals surface area contributed by atoms with Crippen LogP contribution in [0.2, 0.25) is 0 Å². The molecule has 6 bridgehead atoms. The van der Waals surface area contributed by atoms with Crippen molar-refractivity contribution in [1.29, 1.82) is 0 Å². The van der Waals surface area contributed by atoms with Crippen molar-refractivity contribution < 1.29 is 28.5 Å². The zero-order valence-corrected chi connectivity index (χ0v) is 33.6. The van der Waals surface area contributed by atoms with E-state index in [2.05, 4.69) is 107 Å². The first-order valence-electron chi connectivity index (χ1n) is 18.7. The highest BCUT2D eigenvalue weighted by atomic mass is 16.5. The van der Waals surface area contributed by atoms with Gasteiger partial charge in [-0.05, 0) is 91.5 Å². The molecule has 5 aliphatic rings. The highest BCUT2D eigenvalue weighted by molar-refractivity contribution is 6.09. The number of allylic oxidation sites excluding steroid dienone is 4. The third-order valence-corrected chi connectivity index (χ3v) is 11.6. The number of methoxy groups -OCH3 is 2. The fraction of sp³-hybridized carbons (Fsp3) is 0.522. The predicted octanol–water partition coefficient (Wildman–Crippen LogP) is 9.68. The topological polar surface area (TPSA) is 71.1 Å². The lowest BCUT2D eigenvalue weighted by molar-refractivity contribution is -0.129. The lowest BCUT2D eigenvalue weighted by Crippen LogP contribution is -2.47. The Morgan fingerprint density at radius 1 is 0.558 bits per heavy atom. The van der Waals surface area contributed by atoms with Crippen molar-refractivity contribution in [2.45, 2.75) is 130 Å². The molecule has 276 valence electrons. The number of carbonyl (C=O) groups excluding carboxylic acids is 2. The van der Waals surface area contributed by atoms with Crippen LogP contribution in [0.4, 0.5) is 0 Å². The first-order valence-corrected chi connectivity index (χ1v) is 18.7. The van der Waals surface area contributed by atoms with Crippen molar-refractivity contribution in [3.63, 3.8) is 0 Å². The maximum atomic E-state index is 15.3. The highest BCUT2D eigenvalue weighted by Gasteiger charge is 2.55. The van der Waals surface area contributed by atoms with E-state index in [1.807, 2.05) is 24.3 Å². The van der Waals surface area contributed by atoms with Gasteiger partial charge >= 0.3 is 0 Å². The Balaban J connectivity index is 1.61. The van der Waals surface area contributed by atoms with Crippen LogP contribution in [-0.4, -0.2) is 37.0 Å². The summed E-state index contributed by atoms with van der Waals surface area (Å²) in [5.41, 5.74) is 4.85. The summed E-state index contributed by atoms with van der Waals surface area (Å²) in [5.74, 6) is 0.933. The molecule has 0 saturated heterocycles. The molecule has 2 aromatic rings. The summed E-state index contributed by atoms with van der Waals surface area (Å²) in [4.78, 5) is 30.6. The summed E-state index contributed by atoms with van der Waals surface area (Å²) in [6, 6.07) is 8.57. The third-order valence-electron chi connectivity index (χ3n) is 11.6. The molecular weight excluding hydrogens is 649 g/mol. The van der Waals surface area contributed by atoms with E-state index in [9.17, 15) is 0 Å². The molecule has 3 aliphatic heterocycles. The molecule has 52 heavy (non-hydrogen) atoms. The van der Waals surface area contributed by atoms with E-state index in [1.54, 1.807) is 14.2 Å². The zero-order chi connectivity index (χ0) is 38.1. The Kier molecular flexibility index (Phi) is 8.01. The Morgan fingerprint density at radius 3 is 1.19 bits per heavy atom. The van der Waals surface area contributed by atoms with Crippen molar-refractivity contribution in [1.82, 2.24) is 0 Å². The first kappa shape index (κ1) is 36.6. The molecule has 2 aromatic carbocycles. The second kappa shape index (κ2) is 11.4. The third kappa shape index (κ3) is 5.58. The fourth-order valence-corrected chi connectivity index (χ4v) is 8.38. The number of hydrogen-bond acceptors (Lipinski definition) is 6. The van der Waals surface area contributed by atoms with Crippen LogP contribution in [0.15, 0.2) is 70.9 Å². The standard InChI is InChI=1S/C46H56O6/c1-41(2,3)27-15-25-21-45-23-30(44(10,11)12)20-34(40(45)48)38(50-14)32-18-28(42(4,5)6)16-26-22-46(52-36(26)32)24-29(43(7,8)9)19-33(39(46)47)37(49-13)31(17-27)35(25)51-45/h15-20,23-24,37-38H,21-22H2,1-14H3/t37?,38?,45-,46+. The molecule has 3 heterocycles. The largest absolute Gasteiger partial charge is 0.474 e. The van der Waals surface area contributed by atoms with E-state index < -0.39 is 23.4 Å². The smallest absolute Gasteiger partial charge is 0.209 e. The van der Waals surface area contributed by atoms with Gasteiger partial charge in [0.1, 0.15) is 23.7 Å². The Labute approximate surface area is 310 Å². The lowest BCUT2D eigenvalue weighted by atomic mass is 9.71. The lowest BCUT2D eigenvalue weighted by Gasteiger charge is -2.38. The van der Waals surface area contributed by atoms with Gasteiger partial charge in [0.15, 0.2) is 11.2 Å². The van der Waals surface area contributed by atoms with Gasteiger partial charge in [-0.3, -0.25) is 9.59 Å². The molecule has 0 saturated carbocycles. The van der Waals surface area contributed by atoms with Crippen LogP contribution in [0.1, 0.15) is 129 Å². The molecule has 2 spiro atoms. The van der Waals surface area contributed by atoms with E-state index in [-0.39, 0.29) is 33.2 Å². The number of hydrogen-bond donors (Lipinski definition) is 0. The minimum Gasteiger partial charge on any atom is -0.474 e. The SMILES string of the molecule is COC1C2=CC(C(C)(C)C)=C[C@@]3(Cc4cc(C(C)(C)C)cc(c4O3)C(OC)C3=CC(C(C)(C)C)=C[C@]4(Cc5cc(C(C)(C)C)cc1c5O4)C3=O)C2=O. The van der Waals surface area contributed by atoms with Crippen molar-refractivity contribution in [2.24, 2.45) is 10.8 Å². The molecule has 6 nitrogen and oxygen atoms in total. The molecule has 2 unspecified atom stereocenters. The molecule has 2 aliphatic carbocycles. The molecule has 0 amide bonds. The number of benzene rings is 2.